The number of nitrogens with zero attached hydrogens (tertiary/aromatic N) is 1. The molecule has 0 amide bonds. The topological polar surface area (TPSA) is 55.1 Å². The van der Waals surface area contributed by atoms with E-state index in [1.54, 1.807) is 11.9 Å². The lowest BCUT2D eigenvalue weighted by Crippen LogP contribution is -2.43. The molecule has 0 bridgehead atoms. The monoisotopic (exact) mass is 491 g/mol. The first-order chi connectivity index (χ1) is 16.7. The molecule has 1 aromatic heterocycles. The second-order valence-corrected chi connectivity index (χ2v) is 9.94. The van der Waals surface area contributed by atoms with Gasteiger partial charge in [-0.05, 0) is 91.0 Å². The van der Waals surface area contributed by atoms with Crippen molar-refractivity contribution in [2.75, 3.05) is 42.9 Å². The summed E-state index contributed by atoms with van der Waals surface area (Å²) in [6.07, 6.45) is 4.18. The summed E-state index contributed by atoms with van der Waals surface area (Å²) in [4.78, 5) is 6.97. The van der Waals surface area contributed by atoms with Crippen molar-refractivity contribution in [1.29, 1.82) is 0 Å². The van der Waals surface area contributed by atoms with E-state index in [1.807, 2.05) is 18.2 Å². The SMILES string of the molecule is Clc1ccc2[nH]cc(CCCNSc3ccc(Nc4cccc(N5CCNCC5)c4)cc3)c2c1. The highest BCUT2D eigenvalue weighted by Gasteiger charge is 2.10. The Labute approximate surface area is 210 Å². The number of hydrogen-bond donors (Lipinski definition) is 4. The van der Waals surface area contributed by atoms with Crippen molar-refractivity contribution in [1.82, 2.24) is 15.0 Å². The van der Waals surface area contributed by atoms with E-state index in [2.05, 4.69) is 80.0 Å². The van der Waals surface area contributed by atoms with Crippen LogP contribution in [0.3, 0.4) is 0 Å². The Morgan fingerprint density at radius 3 is 2.65 bits per heavy atom. The van der Waals surface area contributed by atoms with Gasteiger partial charge < -0.3 is 20.5 Å². The van der Waals surface area contributed by atoms with Crippen LogP contribution < -0.4 is 20.3 Å². The lowest BCUT2D eigenvalue weighted by Gasteiger charge is -2.29. The second-order valence-electron chi connectivity index (χ2n) is 8.54. The summed E-state index contributed by atoms with van der Waals surface area (Å²) >= 11 is 7.84. The van der Waals surface area contributed by atoms with Gasteiger partial charge in [0.1, 0.15) is 0 Å². The third-order valence-corrected chi connectivity index (χ3v) is 7.21. The minimum absolute atomic E-state index is 0.784. The Hall–Kier alpha value is -2.64. The molecule has 7 heteroatoms. The van der Waals surface area contributed by atoms with Gasteiger partial charge in [0.25, 0.3) is 0 Å². The van der Waals surface area contributed by atoms with Gasteiger partial charge in [0.05, 0.1) is 0 Å². The fourth-order valence-corrected chi connectivity index (χ4v) is 5.18. The molecule has 3 aromatic carbocycles. The smallest absolute Gasteiger partial charge is 0.0457 e. The number of halogens is 1. The van der Waals surface area contributed by atoms with Crippen LogP contribution in [0.25, 0.3) is 10.9 Å². The zero-order valence-corrected chi connectivity index (χ0v) is 20.7. The normalized spacial score (nSPS) is 14.0. The van der Waals surface area contributed by atoms with E-state index in [9.17, 15) is 0 Å². The number of piperazine rings is 1. The number of H-pyrrole nitrogens is 1. The number of aryl methyl sites for hydroxylation is 1. The molecule has 1 fully saturated rings. The number of nitrogens with one attached hydrogen (secondary N) is 4. The molecule has 5 nitrogen and oxygen atoms in total. The molecule has 1 saturated heterocycles. The van der Waals surface area contributed by atoms with Crippen molar-refractivity contribution in [3.05, 3.63) is 83.5 Å². The predicted molar refractivity (Wildman–Crippen MR) is 147 cm³/mol. The number of rotatable bonds is 9. The van der Waals surface area contributed by atoms with Gasteiger partial charge in [-0.1, -0.05) is 17.7 Å². The molecule has 176 valence electrons. The Kier molecular flexibility index (Phi) is 7.61. The highest BCUT2D eigenvalue weighted by Crippen LogP contribution is 2.26. The Morgan fingerprint density at radius 1 is 0.941 bits per heavy atom. The van der Waals surface area contributed by atoms with Crippen LogP contribution in [0.4, 0.5) is 17.1 Å². The Bertz CT molecular complexity index is 1220. The average Bonchev–Trinajstić information content (AvgIpc) is 3.27. The third kappa shape index (κ3) is 5.88. The van der Waals surface area contributed by atoms with Gasteiger partial charge in [0.2, 0.25) is 0 Å². The van der Waals surface area contributed by atoms with Crippen molar-refractivity contribution in [3.63, 3.8) is 0 Å². The number of anilines is 3. The molecule has 34 heavy (non-hydrogen) atoms. The zero-order valence-electron chi connectivity index (χ0n) is 19.1. The van der Waals surface area contributed by atoms with E-state index in [-0.39, 0.29) is 0 Å². The molecule has 0 saturated carbocycles. The van der Waals surface area contributed by atoms with Gasteiger partial charge in [0, 0.05) is 76.8 Å². The van der Waals surface area contributed by atoms with Crippen molar-refractivity contribution in [3.8, 4) is 0 Å². The van der Waals surface area contributed by atoms with Crippen LogP contribution in [0.2, 0.25) is 5.02 Å². The standard InChI is InChI=1S/C27H30ClN5S/c28-21-6-11-27-26(17-21)20(19-30-27)3-2-12-31-34-25-9-7-22(8-10-25)32-23-4-1-5-24(18-23)33-15-13-29-14-16-33/h1,4-11,17-19,29-32H,2-3,12-16H2. The van der Waals surface area contributed by atoms with Crippen LogP contribution in [0.15, 0.2) is 77.8 Å². The first-order valence-electron chi connectivity index (χ1n) is 11.8. The second kappa shape index (κ2) is 11.2. The quantitative estimate of drug-likeness (QED) is 0.166. The minimum Gasteiger partial charge on any atom is -0.369 e. The molecule has 0 radical (unpaired) electrons. The van der Waals surface area contributed by atoms with E-state index in [0.717, 1.165) is 67.5 Å². The zero-order chi connectivity index (χ0) is 23.2. The summed E-state index contributed by atoms with van der Waals surface area (Å²) in [6, 6.07) is 23.3. The minimum atomic E-state index is 0.784. The molecule has 0 spiro atoms. The molecule has 4 N–H and O–H groups in total. The van der Waals surface area contributed by atoms with Crippen LogP contribution in [-0.2, 0) is 6.42 Å². The maximum Gasteiger partial charge on any atom is 0.0457 e. The number of hydrogen-bond acceptors (Lipinski definition) is 5. The van der Waals surface area contributed by atoms with E-state index in [4.69, 9.17) is 11.6 Å². The van der Waals surface area contributed by atoms with E-state index < -0.39 is 0 Å². The van der Waals surface area contributed by atoms with Crippen LogP contribution in [0.5, 0.6) is 0 Å². The van der Waals surface area contributed by atoms with Gasteiger partial charge >= 0.3 is 0 Å². The molecular weight excluding hydrogens is 462 g/mol. The summed E-state index contributed by atoms with van der Waals surface area (Å²) in [5.41, 5.74) is 5.96. The van der Waals surface area contributed by atoms with Gasteiger partial charge in [-0.15, -0.1) is 0 Å². The van der Waals surface area contributed by atoms with Crippen molar-refractivity contribution < 1.29 is 0 Å². The number of aromatic amines is 1. The summed E-state index contributed by atoms with van der Waals surface area (Å²) in [7, 11) is 0. The van der Waals surface area contributed by atoms with Crippen molar-refractivity contribution >= 4 is 51.5 Å². The van der Waals surface area contributed by atoms with Crippen molar-refractivity contribution in [2.24, 2.45) is 0 Å². The van der Waals surface area contributed by atoms with E-state index in [0.29, 0.717) is 0 Å². The molecule has 4 aromatic rings. The highest BCUT2D eigenvalue weighted by molar-refractivity contribution is 7.97. The molecule has 0 unspecified atom stereocenters. The molecule has 1 aliphatic heterocycles. The summed E-state index contributed by atoms with van der Waals surface area (Å²) in [5.74, 6) is 0. The summed E-state index contributed by atoms with van der Waals surface area (Å²) in [5, 5.41) is 8.96. The average molecular weight is 492 g/mol. The number of benzene rings is 3. The molecule has 2 heterocycles. The summed E-state index contributed by atoms with van der Waals surface area (Å²) < 4.78 is 3.49. The molecule has 0 aliphatic carbocycles. The Balaban J connectivity index is 1.08. The lowest BCUT2D eigenvalue weighted by molar-refractivity contribution is 0.589. The number of fused-ring (bicyclic) bond motifs is 1. The molecule has 5 rings (SSSR count). The summed E-state index contributed by atoms with van der Waals surface area (Å²) in [6.45, 7) is 5.14. The van der Waals surface area contributed by atoms with Crippen LogP contribution in [0, 0.1) is 0 Å². The van der Waals surface area contributed by atoms with Gasteiger partial charge in [-0.25, -0.2) is 0 Å². The first kappa shape index (κ1) is 23.1. The van der Waals surface area contributed by atoms with Crippen LogP contribution >= 0.6 is 23.5 Å². The lowest BCUT2D eigenvalue weighted by atomic mass is 10.1. The fraction of sp³-hybridized carbons (Fsp3) is 0.259. The molecule has 0 atom stereocenters. The molecular formula is C27H30ClN5S. The third-order valence-electron chi connectivity index (χ3n) is 6.12. The van der Waals surface area contributed by atoms with Gasteiger partial charge in [-0.3, -0.25) is 4.72 Å². The van der Waals surface area contributed by atoms with Gasteiger partial charge in [-0.2, -0.15) is 0 Å². The van der Waals surface area contributed by atoms with Crippen LogP contribution in [0.1, 0.15) is 12.0 Å². The fourth-order valence-electron chi connectivity index (χ4n) is 4.32. The van der Waals surface area contributed by atoms with Crippen LogP contribution in [-0.4, -0.2) is 37.7 Å². The maximum atomic E-state index is 6.16. The van der Waals surface area contributed by atoms with E-state index >= 15 is 0 Å². The number of aromatic nitrogens is 1. The predicted octanol–water partition coefficient (Wildman–Crippen LogP) is 6.20. The van der Waals surface area contributed by atoms with E-state index in [1.165, 1.54) is 21.5 Å². The van der Waals surface area contributed by atoms with Crippen molar-refractivity contribution in [2.45, 2.75) is 17.7 Å². The maximum absolute atomic E-state index is 6.16. The largest absolute Gasteiger partial charge is 0.369 e. The Morgan fingerprint density at radius 2 is 1.79 bits per heavy atom. The highest BCUT2D eigenvalue weighted by atomic mass is 35.5. The molecule has 1 aliphatic rings. The first-order valence-corrected chi connectivity index (χ1v) is 13.0. The van der Waals surface area contributed by atoms with Gasteiger partial charge in [0.15, 0.2) is 0 Å².